The Bertz CT molecular complexity index is 1330. The van der Waals surface area contributed by atoms with Crippen LogP contribution in [0.15, 0.2) is 36.4 Å². The van der Waals surface area contributed by atoms with Gasteiger partial charge in [0.25, 0.3) is 0 Å². The van der Waals surface area contributed by atoms with E-state index in [2.05, 4.69) is 41.8 Å². The Hall–Kier alpha value is -2.90. The highest BCUT2D eigenvalue weighted by molar-refractivity contribution is 14.1. The number of rotatable bonds is 20. The van der Waals surface area contributed by atoms with Crippen LogP contribution in [0, 0.1) is 0 Å². The topological polar surface area (TPSA) is 98.8 Å². The molecule has 48 heavy (non-hydrogen) atoms. The monoisotopic (exact) mass is 803 g/mol. The van der Waals surface area contributed by atoms with Crippen molar-refractivity contribution in [3.05, 3.63) is 53.1 Å². The molecule has 0 saturated heterocycles. The molecular weight excluding hydrogens is 753 g/mol. The highest BCUT2D eigenvalue weighted by atomic mass is 127. The third kappa shape index (κ3) is 11.6. The Labute approximate surface area is 305 Å². The lowest BCUT2D eigenvalue weighted by molar-refractivity contribution is -0.941. The number of esters is 2. The third-order valence-electron chi connectivity index (χ3n) is 8.62. The number of methoxy groups -OCH3 is 5. The van der Waals surface area contributed by atoms with E-state index in [0.717, 1.165) is 59.0 Å². The molecule has 0 aliphatic carbocycles. The first-order valence-corrected chi connectivity index (χ1v) is 17.7. The fourth-order valence-corrected chi connectivity index (χ4v) is 6.35. The van der Waals surface area contributed by atoms with Crippen molar-refractivity contribution >= 4 is 34.5 Å². The molecule has 0 fully saturated rings. The second-order valence-electron chi connectivity index (χ2n) is 11.7. The van der Waals surface area contributed by atoms with Gasteiger partial charge in [0.1, 0.15) is 6.04 Å². The first-order valence-electron chi connectivity index (χ1n) is 16.1. The molecule has 0 spiro atoms. The summed E-state index contributed by atoms with van der Waals surface area (Å²) in [5.74, 6) is 2.81. The minimum Gasteiger partial charge on any atom is -1.00 e. The number of hydrogen-bond acceptors (Lipinski definition) is 9. The summed E-state index contributed by atoms with van der Waals surface area (Å²) in [4.78, 5) is 24.1. The number of halogens is 2. The Balaban J connectivity index is 0.00000800. The van der Waals surface area contributed by atoms with E-state index in [-0.39, 0.29) is 30.4 Å². The summed E-state index contributed by atoms with van der Waals surface area (Å²) in [5, 5.41) is 0. The van der Waals surface area contributed by atoms with Crippen molar-refractivity contribution in [2.24, 2.45) is 0 Å². The van der Waals surface area contributed by atoms with E-state index in [1.165, 1.54) is 11.1 Å². The van der Waals surface area contributed by atoms with Gasteiger partial charge < -0.3 is 50.0 Å². The lowest BCUT2D eigenvalue weighted by Gasteiger charge is -2.46. The molecule has 0 aromatic heterocycles. The largest absolute Gasteiger partial charge is 1.00 e. The van der Waals surface area contributed by atoms with Gasteiger partial charge >= 0.3 is 11.9 Å². The Morgan fingerprint density at radius 1 is 0.792 bits per heavy atom. The van der Waals surface area contributed by atoms with Crippen molar-refractivity contribution in [1.29, 1.82) is 0 Å². The van der Waals surface area contributed by atoms with Crippen LogP contribution in [0.25, 0.3) is 0 Å². The molecule has 1 aliphatic heterocycles. The van der Waals surface area contributed by atoms with Gasteiger partial charge in [0.2, 0.25) is 5.75 Å². The van der Waals surface area contributed by atoms with Crippen molar-refractivity contribution in [2.75, 3.05) is 73.3 Å². The van der Waals surface area contributed by atoms with Gasteiger partial charge in [-0.1, -0.05) is 34.7 Å². The zero-order valence-corrected chi connectivity index (χ0v) is 32.0. The average Bonchev–Trinajstić information content (AvgIpc) is 3.08. The Morgan fingerprint density at radius 3 is 1.85 bits per heavy atom. The van der Waals surface area contributed by atoms with Gasteiger partial charge in [-0.05, 0) is 54.7 Å². The van der Waals surface area contributed by atoms with E-state index in [9.17, 15) is 9.59 Å². The highest BCUT2D eigenvalue weighted by Gasteiger charge is 2.40. The molecule has 12 heteroatoms. The zero-order valence-electron chi connectivity index (χ0n) is 29.1. The average molecular weight is 804 g/mol. The summed E-state index contributed by atoms with van der Waals surface area (Å²) in [6.45, 7) is 2.57. The second kappa shape index (κ2) is 21.2. The van der Waals surface area contributed by atoms with E-state index in [1.807, 2.05) is 24.3 Å². The van der Waals surface area contributed by atoms with Crippen molar-refractivity contribution in [2.45, 2.75) is 57.4 Å². The number of alkyl halides is 1. The molecule has 1 heterocycles. The molecule has 10 nitrogen and oxygen atoms in total. The van der Waals surface area contributed by atoms with Crippen LogP contribution in [0.2, 0.25) is 0 Å². The summed E-state index contributed by atoms with van der Waals surface area (Å²) in [5.41, 5.74) is 3.51. The summed E-state index contributed by atoms with van der Waals surface area (Å²) in [6.07, 6.45) is 8.90. The van der Waals surface area contributed by atoms with Gasteiger partial charge in [-0.25, -0.2) is 0 Å². The molecule has 2 aromatic rings. The molecule has 0 amide bonds. The van der Waals surface area contributed by atoms with Crippen LogP contribution in [-0.4, -0.2) is 89.7 Å². The van der Waals surface area contributed by atoms with Crippen LogP contribution in [0.4, 0.5) is 0 Å². The van der Waals surface area contributed by atoms with Crippen LogP contribution in [0.5, 0.6) is 28.7 Å². The minimum absolute atomic E-state index is 0. The number of benzene rings is 2. The third-order valence-corrected chi connectivity index (χ3v) is 9.38. The number of quaternary nitrogens is 1. The molecular formula is C36H51ClINO9. The molecule has 2 aromatic carbocycles. The van der Waals surface area contributed by atoms with Crippen molar-refractivity contribution in [3.63, 3.8) is 0 Å². The predicted molar refractivity (Wildman–Crippen MR) is 189 cm³/mol. The van der Waals surface area contributed by atoms with Crippen molar-refractivity contribution in [1.82, 2.24) is 0 Å². The number of allylic oxidation sites excluding steroid dienone is 2. The van der Waals surface area contributed by atoms with E-state index in [4.69, 9.17) is 33.2 Å². The summed E-state index contributed by atoms with van der Waals surface area (Å²) in [7, 11) is 10.4. The first kappa shape index (κ1) is 41.3. The maximum absolute atomic E-state index is 12.4. The van der Waals surface area contributed by atoms with E-state index in [1.54, 1.807) is 35.5 Å². The summed E-state index contributed by atoms with van der Waals surface area (Å²) >= 11 is 2.26. The molecule has 0 bridgehead atoms. The van der Waals surface area contributed by atoms with E-state index >= 15 is 0 Å². The molecule has 2 atom stereocenters. The van der Waals surface area contributed by atoms with Crippen LogP contribution in [-0.2, 0) is 31.9 Å². The number of nitrogens with zero attached hydrogens (tertiary/aromatic N) is 1. The first-order chi connectivity index (χ1) is 22.7. The lowest BCUT2D eigenvalue weighted by atomic mass is 9.86. The van der Waals surface area contributed by atoms with Crippen LogP contribution < -0.4 is 36.1 Å². The SMILES string of the molecule is COc1cc2c(cc1OC)[C@@H](Cc1cc(OC)c(OC)c(OC)c1)[N@+](C)(CCCOC(=O)CC/C=C/CCC(=O)OCCCI)CC2.[Cl-]. The minimum atomic E-state index is -0.217. The number of fused-ring (bicyclic) bond motifs is 1. The predicted octanol–water partition coefficient (Wildman–Crippen LogP) is 3.44. The number of hydrogen-bond donors (Lipinski definition) is 0. The van der Waals surface area contributed by atoms with Gasteiger partial charge in [0.05, 0.1) is 68.9 Å². The molecule has 0 radical (unpaired) electrons. The maximum Gasteiger partial charge on any atom is 0.306 e. The smallest absolute Gasteiger partial charge is 0.306 e. The van der Waals surface area contributed by atoms with Crippen molar-refractivity contribution < 1.29 is 59.6 Å². The second-order valence-corrected chi connectivity index (χ2v) is 12.8. The molecule has 0 saturated carbocycles. The van der Waals surface area contributed by atoms with Crippen LogP contribution in [0.1, 0.15) is 61.3 Å². The highest BCUT2D eigenvalue weighted by Crippen LogP contribution is 2.44. The van der Waals surface area contributed by atoms with Gasteiger partial charge in [-0.3, -0.25) is 9.59 Å². The van der Waals surface area contributed by atoms with Gasteiger partial charge in [-0.2, -0.15) is 0 Å². The van der Waals surface area contributed by atoms with Crippen LogP contribution in [0.3, 0.4) is 0 Å². The molecule has 1 aliphatic rings. The van der Waals surface area contributed by atoms with Gasteiger partial charge in [0.15, 0.2) is 23.0 Å². The molecule has 3 rings (SSSR count). The van der Waals surface area contributed by atoms with Gasteiger partial charge in [-0.15, -0.1) is 0 Å². The quantitative estimate of drug-likeness (QED) is 0.0499. The fourth-order valence-electron chi connectivity index (χ4n) is 6.04. The van der Waals surface area contributed by atoms with Crippen molar-refractivity contribution in [3.8, 4) is 28.7 Å². The molecule has 0 unspecified atom stereocenters. The van der Waals surface area contributed by atoms with E-state index < -0.39 is 0 Å². The number of carbonyl (C=O) groups excluding carboxylic acids is 2. The fraction of sp³-hybridized carbons (Fsp3) is 0.556. The number of carbonyl (C=O) groups is 2. The molecule has 0 N–H and O–H groups in total. The van der Waals surface area contributed by atoms with E-state index in [0.29, 0.717) is 61.9 Å². The van der Waals surface area contributed by atoms with Gasteiger partial charge in [0, 0.05) is 42.1 Å². The summed E-state index contributed by atoms with van der Waals surface area (Å²) in [6, 6.07) is 8.31. The summed E-state index contributed by atoms with van der Waals surface area (Å²) < 4.78 is 40.7. The Kier molecular flexibility index (Phi) is 18.3. The maximum atomic E-state index is 12.4. The number of likely N-dealkylation sites (N-methyl/N-ethyl adjacent to an activating group) is 1. The zero-order chi connectivity index (χ0) is 34.2. The Morgan fingerprint density at radius 2 is 1.33 bits per heavy atom. The van der Waals surface area contributed by atoms with Crippen LogP contribution >= 0.6 is 22.6 Å². The number of ether oxygens (including phenoxy) is 7. The standard InChI is InChI=1S/C36H51INO9.ClH/c1-38(17-12-20-47-35(40)14-10-8-7-9-13-34(39)46-19-11-16-37)18-15-27-24-30(41-2)31(42-3)25-28(27)29(38)21-26-22-32(43-4)36(45-6)33(23-26)44-5;/h7-8,22-25,29H,9-21H2,1-6H3;1H/q+1;/p-1/b8-7+;/t29-,38-;/m1./s1. The molecule has 268 valence electrons. The normalized spacial score (nSPS) is 16.8. The lowest BCUT2D eigenvalue weighted by Crippen LogP contribution is -3.00.